The monoisotopic (exact) mass is 451 g/mol. The van der Waals surface area contributed by atoms with E-state index in [4.69, 9.17) is 16.3 Å². The van der Waals surface area contributed by atoms with Gasteiger partial charge in [0.2, 0.25) is 0 Å². The number of esters is 1. The maximum absolute atomic E-state index is 13.2. The Morgan fingerprint density at radius 3 is 2.41 bits per heavy atom. The number of halogens is 2. The minimum absolute atomic E-state index is 0.159. The zero-order valence-corrected chi connectivity index (χ0v) is 17.8. The van der Waals surface area contributed by atoms with Gasteiger partial charge in [-0.05, 0) is 53.1 Å². The van der Waals surface area contributed by atoms with Crippen LogP contribution in [0, 0.1) is 5.82 Å². The predicted molar refractivity (Wildman–Crippen MR) is 119 cm³/mol. The number of fused-ring (bicyclic) bond motifs is 1. The van der Waals surface area contributed by atoms with Gasteiger partial charge >= 0.3 is 5.97 Å². The van der Waals surface area contributed by atoms with Crippen molar-refractivity contribution in [2.24, 2.45) is 0 Å². The molecule has 0 fully saturated rings. The topological polar surface area (TPSA) is 72.7 Å². The molecule has 1 amide bonds. The number of rotatable bonds is 6. The summed E-state index contributed by atoms with van der Waals surface area (Å²) in [5, 5.41) is 3.31. The Labute approximate surface area is 188 Å². The van der Waals surface area contributed by atoms with E-state index in [9.17, 15) is 14.0 Å². The summed E-state index contributed by atoms with van der Waals surface area (Å²) >= 11 is 5.96. The number of hydrogen-bond acceptors (Lipinski definition) is 4. The molecule has 2 heterocycles. The maximum atomic E-state index is 13.2. The number of ether oxygens (including phenoxy) is 1. The molecule has 0 saturated carbocycles. The van der Waals surface area contributed by atoms with Crippen molar-refractivity contribution in [1.82, 2.24) is 14.7 Å². The lowest BCUT2D eigenvalue weighted by molar-refractivity contribution is -0.142. The maximum Gasteiger partial charge on any atom is 0.328 e. The van der Waals surface area contributed by atoms with Crippen molar-refractivity contribution in [3.63, 3.8) is 0 Å². The van der Waals surface area contributed by atoms with E-state index < -0.39 is 17.9 Å². The molecule has 0 unspecified atom stereocenters. The minimum atomic E-state index is -0.938. The molecule has 4 rings (SSSR count). The highest BCUT2D eigenvalue weighted by Gasteiger charge is 2.24. The highest BCUT2D eigenvalue weighted by Crippen LogP contribution is 2.22. The van der Waals surface area contributed by atoms with Gasteiger partial charge in [0.15, 0.2) is 0 Å². The second-order valence-electron chi connectivity index (χ2n) is 7.20. The molecule has 1 N–H and O–H groups in total. The van der Waals surface area contributed by atoms with Gasteiger partial charge in [0.1, 0.15) is 23.2 Å². The summed E-state index contributed by atoms with van der Waals surface area (Å²) in [7, 11) is 1.25. The van der Waals surface area contributed by atoms with Crippen molar-refractivity contribution >= 4 is 29.1 Å². The Hall–Kier alpha value is -3.71. The summed E-state index contributed by atoms with van der Waals surface area (Å²) in [4.78, 5) is 29.4. The van der Waals surface area contributed by atoms with Crippen LogP contribution >= 0.6 is 11.6 Å². The van der Waals surface area contributed by atoms with E-state index in [1.165, 1.54) is 19.2 Å². The van der Waals surface area contributed by atoms with Gasteiger partial charge in [-0.15, -0.1) is 0 Å². The molecule has 4 aromatic rings. The molecule has 0 aliphatic carbocycles. The zero-order chi connectivity index (χ0) is 22.7. The average molecular weight is 452 g/mol. The largest absolute Gasteiger partial charge is 0.467 e. The second kappa shape index (κ2) is 9.20. The van der Waals surface area contributed by atoms with Gasteiger partial charge in [-0.3, -0.25) is 4.79 Å². The van der Waals surface area contributed by atoms with Crippen LogP contribution in [-0.2, 0) is 16.0 Å². The van der Waals surface area contributed by atoms with Crippen molar-refractivity contribution in [2.45, 2.75) is 12.5 Å². The fraction of sp³-hybridized carbons (Fsp3) is 0.125. The Kier molecular flexibility index (Phi) is 6.18. The number of amides is 1. The van der Waals surface area contributed by atoms with Gasteiger partial charge in [-0.2, -0.15) is 0 Å². The van der Waals surface area contributed by atoms with Crippen LogP contribution in [0.5, 0.6) is 0 Å². The standard InChI is InChI=1S/C24H19ClFN3O3/c1-32-24(31)20(12-15-2-9-19(26)10-3-15)28-23(30)21-14-29-13-17(6-11-22(29)27-21)16-4-7-18(25)8-5-16/h2-11,13-14,20H,12H2,1H3,(H,28,30)/t20-/m0/s1. The van der Waals surface area contributed by atoms with Crippen LogP contribution in [0.25, 0.3) is 16.8 Å². The molecule has 0 saturated heterocycles. The normalized spacial score (nSPS) is 11.8. The van der Waals surface area contributed by atoms with E-state index >= 15 is 0 Å². The van der Waals surface area contributed by atoms with E-state index in [-0.39, 0.29) is 17.9 Å². The number of benzene rings is 2. The first-order chi connectivity index (χ1) is 15.4. The molecule has 2 aromatic heterocycles. The van der Waals surface area contributed by atoms with Gasteiger partial charge in [0.25, 0.3) is 5.91 Å². The Morgan fingerprint density at radius 2 is 1.72 bits per heavy atom. The fourth-order valence-electron chi connectivity index (χ4n) is 3.34. The lowest BCUT2D eigenvalue weighted by Gasteiger charge is -2.16. The Balaban J connectivity index is 1.55. The van der Waals surface area contributed by atoms with Crippen molar-refractivity contribution in [2.75, 3.05) is 7.11 Å². The summed E-state index contributed by atoms with van der Waals surface area (Å²) in [6.07, 6.45) is 3.61. The third-order valence-corrected chi connectivity index (χ3v) is 5.26. The van der Waals surface area contributed by atoms with Crippen LogP contribution in [0.3, 0.4) is 0 Å². The highest BCUT2D eigenvalue weighted by molar-refractivity contribution is 6.30. The van der Waals surface area contributed by atoms with Crippen LogP contribution in [0.15, 0.2) is 73.1 Å². The number of nitrogens with one attached hydrogen (secondary N) is 1. The van der Waals surface area contributed by atoms with Gasteiger partial charge in [-0.1, -0.05) is 35.9 Å². The molecule has 6 nitrogen and oxygen atoms in total. The zero-order valence-electron chi connectivity index (χ0n) is 17.1. The molecule has 0 bridgehead atoms. The molecule has 2 aromatic carbocycles. The van der Waals surface area contributed by atoms with Crippen LogP contribution in [0.1, 0.15) is 16.1 Å². The van der Waals surface area contributed by atoms with E-state index in [2.05, 4.69) is 10.3 Å². The number of pyridine rings is 1. The van der Waals surface area contributed by atoms with Gasteiger partial charge < -0.3 is 14.5 Å². The third-order valence-electron chi connectivity index (χ3n) is 5.01. The van der Waals surface area contributed by atoms with E-state index in [1.54, 1.807) is 28.8 Å². The predicted octanol–water partition coefficient (Wildman–Crippen LogP) is 4.31. The van der Waals surface area contributed by atoms with E-state index in [0.29, 0.717) is 16.2 Å². The fourth-order valence-corrected chi connectivity index (χ4v) is 3.46. The summed E-state index contributed by atoms with van der Waals surface area (Å²) in [5.41, 5.74) is 3.33. The molecule has 32 heavy (non-hydrogen) atoms. The van der Waals surface area contributed by atoms with E-state index in [1.807, 2.05) is 36.5 Å². The van der Waals surface area contributed by atoms with Crippen molar-refractivity contribution in [1.29, 1.82) is 0 Å². The van der Waals surface area contributed by atoms with Crippen LogP contribution in [-0.4, -0.2) is 34.4 Å². The van der Waals surface area contributed by atoms with Gasteiger partial charge in [-0.25, -0.2) is 14.2 Å². The quantitative estimate of drug-likeness (QED) is 0.443. The van der Waals surface area contributed by atoms with Crippen molar-refractivity contribution in [3.8, 4) is 11.1 Å². The molecule has 0 radical (unpaired) electrons. The van der Waals surface area contributed by atoms with Crippen molar-refractivity contribution < 1.29 is 18.7 Å². The third kappa shape index (κ3) is 4.78. The summed E-state index contributed by atoms with van der Waals surface area (Å²) in [6.45, 7) is 0. The molecule has 8 heteroatoms. The molecule has 0 aliphatic heterocycles. The molecule has 0 spiro atoms. The van der Waals surface area contributed by atoms with E-state index in [0.717, 1.165) is 11.1 Å². The molecular formula is C24H19ClFN3O3. The molecule has 0 aliphatic rings. The molecule has 1 atom stereocenters. The Bertz CT molecular complexity index is 1270. The van der Waals surface area contributed by atoms with Crippen LogP contribution < -0.4 is 5.32 Å². The SMILES string of the molecule is COC(=O)[C@H](Cc1ccc(F)cc1)NC(=O)c1cn2cc(-c3ccc(Cl)cc3)ccc2n1. The Morgan fingerprint density at radius 1 is 1.03 bits per heavy atom. The van der Waals surface area contributed by atoms with Crippen LogP contribution in [0.2, 0.25) is 5.02 Å². The summed E-state index contributed by atoms with van der Waals surface area (Å²) in [5.74, 6) is -1.49. The molecular weight excluding hydrogens is 433 g/mol. The minimum Gasteiger partial charge on any atom is -0.467 e. The average Bonchev–Trinajstić information content (AvgIpc) is 3.23. The smallest absolute Gasteiger partial charge is 0.328 e. The number of nitrogens with zero attached hydrogens (tertiary/aromatic N) is 2. The number of aromatic nitrogens is 2. The number of carbonyl (C=O) groups is 2. The lowest BCUT2D eigenvalue weighted by atomic mass is 10.1. The number of imidazole rings is 1. The van der Waals surface area contributed by atoms with Crippen molar-refractivity contribution in [3.05, 3.63) is 95.2 Å². The number of carbonyl (C=O) groups excluding carboxylic acids is 2. The first-order valence-electron chi connectivity index (χ1n) is 9.81. The van der Waals surface area contributed by atoms with Gasteiger partial charge in [0.05, 0.1) is 7.11 Å². The summed E-state index contributed by atoms with van der Waals surface area (Å²) < 4.78 is 19.7. The first-order valence-corrected chi connectivity index (χ1v) is 10.2. The van der Waals surface area contributed by atoms with Crippen LogP contribution in [0.4, 0.5) is 4.39 Å². The number of hydrogen-bond donors (Lipinski definition) is 1. The molecule has 162 valence electrons. The number of methoxy groups -OCH3 is 1. The van der Waals surface area contributed by atoms with Gasteiger partial charge in [0, 0.05) is 23.8 Å². The first kappa shape index (κ1) is 21.5. The lowest BCUT2D eigenvalue weighted by Crippen LogP contribution is -2.43. The summed E-state index contributed by atoms with van der Waals surface area (Å²) in [6, 6.07) is 15.9. The second-order valence-corrected chi connectivity index (χ2v) is 7.63. The highest BCUT2D eigenvalue weighted by atomic mass is 35.5.